The molecule has 0 unspecified atom stereocenters. The van der Waals surface area contributed by atoms with Gasteiger partial charge in [0.05, 0.1) is 11.0 Å². The summed E-state index contributed by atoms with van der Waals surface area (Å²) in [4.78, 5) is 9.84. The molecule has 226 valence electrons. The molecular formula is C43H28N4O. The second-order valence-electron chi connectivity index (χ2n) is 11.9. The van der Waals surface area contributed by atoms with Gasteiger partial charge in [-0.2, -0.15) is 4.99 Å². The smallest absolute Gasteiger partial charge is 0.236 e. The lowest BCUT2D eigenvalue weighted by Crippen LogP contribution is -2.12. The van der Waals surface area contributed by atoms with E-state index in [4.69, 9.17) is 19.8 Å². The molecule has 9 aromatic rings. The van der Waals surface area contributed by atoms with Crippen LogP contribution in [-0.2, 0) is 0 Å². The van der Waals surface area contributed by atoms with Crippen LogP contribution in [0.3, 0.4) is 0 Å². The number of hydrogen-bond acceptors (Lipinski definition) is 2. The van der Waals surface area contributed by atoms with Crippen molar-refractivity contribution in [3.05, 3.63) is 169 Å². The van der Waals surface area contributed by atoms with Gasteiger partial charge in [0, 0.05) is 33.3 Å². The number of aromatic nitrogens is 1. The minimum absolute atomic E-state index is 0.140. The van der Waals surface area contributed by atoms with Gasteiger partial charge in [0.25, 0.3) is 0 Å². The van der Waals surface area contributed by atoms with Crippen LogP contribution in [0.4, 0.5) is 0 Å². The van der Waals surface area contributed by atoms with Crippen LogP contribution < -0.4 is 0 Å². The molecule has 0 spiro atoms. The molecule has 7 aromatic carbocycles. The fourth-order valence-corrected chi connectivity index (χ4v) is 6.69. The number of hydrogen-bond donors (Lipinski definition) is 1. The first kappa shape index (κ1) is 27.7. The van der Waals surface area contributed by atoms with Crippen LogP contribution in [0.15, 0.2) is 172 Å². The zero-order valence-corrected chi connectivity index (χ0v) is 25.8. The Balaban J connectivity index is 1.20. The van der Waals surface area contributed by atoms with E-state index in [1.165, 1.54) is 10.8 Å². The van der Waals surface area contributed by atoms with E-state index in [0.29, 0.717) is 5.96 Å². The quantitative estimate of drug-likeness (QED) is 0.156. The highest BCUT2D eigenvalue weighted by molar-refractivity contribution is 6.18. The summed E-state index contributed by atoms with van der Waals surface area (Å²) < 4.78 is 8.38. The predicted molar refractivity (Wildman–Crippen MR) is 200 cm³/mol. The predicted octanol–water partition coefficient (Wildman–Crippen LogP) is 10.9. The lowest BCUT2D eigenvalue weighted by Gasteiger charge is -2.08. The molecular weight excluding hydrogens is 589 g/mol. The van der Waals surface area contributed by atoms with Crippen LogP contribution in [0.1, 0.15) is 11.1 Å². The third kappa shape index (κ3) is 4.68. The molecule has 9 rings (SSSR count). The van der Waals surface area contributed by atoms with Crippen LogP contribution in [0.5, 0.6) is 0 Å². The minimum atomic E-state index is 0.140. The van der Waals surface area contributed by atoms with Gasteiger partial charge < -0.3 is 4.42 Å². The number of para-hydroxylation sites is 2. The Morgan fingerprint density at radius 1 is 0.583 bits per heavy atom. The largest absolute Gasteiger partial charge is 0.456 e. The van der Waals surface area contributed by atoms with Crippen LogP contribution in [0.2, 0.25) is 0 Å². The zero-order chi connectivity index (χ0) is 32.0. The number of aliphatic imine (C=N–C) groups is 2. The molecule has 0 aliphatic carbocycles. The van der Waals surface area contributed by atoms with Crippen LogP contribution in [0, 0.1) is 5.41 Å². The Morgan fingerprint density at radius 3 is 2.08 bits per heavy atom. The Hall–Kier alpha value is -6.59. The van der Waals surface area contributed by atoms with Crippen molar-refractivity contribution in [3.63, 3.8) is 0 Å². The van der Waals surface area contributed by atoms with Gasteiger partial charge in [-0.1, -0.05) is 115 Å². The van der Waals surface area contributed by atoms with Crippen molar-refractivity contribution in [3.8, 4) is 11.1 Å². The average Bonchev–Trinajstić information content (AvgIpc) is 3.69. The average molecular weight is 617 g/mol. The van der Waals surface area contributed by atoms with E-state index in [2.05, 4.69) is 78.9 Å². The van der Waals surface area contributed by atoms with Crippen molar-refractivity contribution >= 4 is 72.5 Å². The highest BCUT2D eigenvalue weighted by Gasteiger charge is 2.16. The molecule has 48 heavy (non-hydrogen) atoms. The van der Waals surface area contributed by atoms with Gasteiger partial charge in [-0.05, 0) is 69.9 Å². The number of fused-ring (bicyclic) bond motifs is 7. The fourth-order valence-electron chi connectivity index (χ4n) is 6.69. The van der Waals surface area contributed by atoms with E-state index in [-0.39, 0.29) is 5.84 Å². The second kappa shape index (κ2) is 11.3. The highest BCUT2D eigenvalue weighted by Crippen LogP contribution is 2.38. The summed E-state index contributed by atoms with van der Waals surface area (Å²) in [7, 11) is 0. The summed E-state index contributed by atoms with van der Waals surface area (Å²) in [5, 5.41) is 15.6. The normalized spacial score (nSPS) is 12.3. The van der Waals surface area contributed by atoms with Gasteiger partial charge in [-0.15, -0.1) is 0 Å². The minimum Gasteiger partial charge on any atom is -0.456 e. The molecule has 2 heterocycles. The second-order valence-corrected chi connectivity index (χ2v) is 11.9. The van der Waals surface area contributed by atoms with E-state index in [9.17, 15) is 0 Å². The summed E-state index contributed by atoms with van der Waals surface area (Å²) in [6, 6.07) is 53.4. The highest BCUT2D eigenvalue weighted by atomic mass is 16.3. The molecule has 2 aromatic heterocycles. The summed E-state index contributed by atoms with van der Waals surface area (Å²) >= 11 is 0. The van der Waals surface area contributed by atoms with E-state index in [1.807, 2.05) is 89.6 Å². The number of nitrogens with zero attached hydrogens (tertiary/aromatic N) is 3. The van der Waals surface area contributed by atoms with Gasteiger partial charge >= 0.3 is 0 Å². The molecule has 5 heteroatoms. The Morgan fingerprint density at radius 2 is 1.29 bits per heavy atom. The molecule has 0 aliphatic rings. The van der Waals surface area contributed by atoms with Gasteiger partial charge in [-0.25, -0.2) is 4.99 Å². The molecule has 0 radical (unpaired) electrons. The number of amidine groups is 1. The van der Waals surface area contributed by atoms with E-state index in [0.717, 1.165) is 66.0 Å². The third-order valence-electron chi connectivity index (χ3n) is 8.95. The monoisotopic (exact) mass is 616 g/mol. The fraction of sp³-hybridized carbons (Fsp3) is 0. The number of nitrogens with one attached hydrogen (secondary N) is 1. The molecule has 0 fully saturated rings. The molecule has 0 saturated carbocycles. The first-order valence-electron chi connectivity index (χ1n) is 15.9. The Labute approximate surface area is 276 Å². The van der Waals surface area contributed by atoms with Crippen molar-refractivity contribution in [2.45, 2.75) is 0 Å². The molecule has 0 bridgehead atoms. The van der Waals surface area contributed by atoms with Gasteiger partial charge in [0.2, 0.25) is 5.96 Å². The van der Waals surface area contributed by atoms with Crippen molar-refractivity contribution < 1.29 is 4.42 Å². The standard InChI is InChI=1S/C43H28N4O/c44-42(30-12-2-1-3-13-30)46-43(47-37-18-8-6-15-34(37)35-16-7-9-19-38(35)47)45-27-28-21-24-39-36(25-28)41-33(17-10-20-40(41)48-39)32-23-22-29-11-4-5-14-31(29)26-32/h1-27,44H/b44-42?,45-27+,46-43+. The van der Waals surface area contributed by atoms with Crippen molar-refractivity contribution in [1.82, 2.24) is 4.57 Å². The SMILES string of the molecule is N=C(/N=C(\N=C\c1ccc2oc3cccc(-c4ccc5ccccc5c4)c3c2c1)n1c2ccccc2c2ccccc21)c1ccccc1. The Bertz CT molecular complexity index is 2700. The summed E-state index contributed by atoms with van der Waals surface area (Å²) in [5.74, 6) is 0.552. The lowest BCUT2D eigenvalue weighted by atomic mass is 9.97. The first-order chi connectivity index (χ1) is 23.7. The van der Waals surface area contributed by atoms with Crippen LogP contribution in [-0.4, -0.2) is 22.6 Å². The van der Waals surface area contributed by atoms with Crippen LogP contribution >= 0.6 is 0 Å². The summed E-state index contributed by atoms with van der Waals surface area (Å²) in [6.45, 7) is 0. The van der Waals surface area contributed by atoms with Gasteiger partial charge in [0.1, 0.15) is 11.2 Å². The number of furan rings is 1. The molecule has 1 N–H and O–H groups in total. The van der Waals surface area contributed by atoms with E-state index >= 15 is 0 Å². The molecule has 5 nitrogen and oxygen atoms in total. The Kier molecular flexibility index (Phi) is 6.54. The van der Waals surface area contributed by atoms with E-state index < -0.39 is 0 Å². The van der Waals surface area contributed by atoms with Gasteiger partial charge in [-0.3, -0.25) is 9.98 Å². The number of benzene rings is 7. The van der Waals surface area contributed by atoms with Crippen molar-refractivity contribution in [2.24, 2.45) is 9.98 Å². The maximum atomic E-state index is 8.91. The first-order valence-corrected chi connectivity index (χ1v) is 15.9. The maximum absolute atomic E-state index is 8.91. The summed E-state index contributed by atoms with van der Waals surface area (Å²) in [5.41, 5.74) is 7.50. The topological polar surface area (TPSA) is 66.6 Å². The number of rotatable bonds is 3. The van der Waals surface area contributed by atoms with Crippen LogP contribution in [0.25, 0.3) is 65.6 Å². The van der Waals surface area contributed by atoms with E-state index in [1.54, 1.807) is 0 Å². The lowest BCUT2D eigenvalue weighted by molar-refractivity contribution is 0.669. The van der Waals surface area contributed by atoms with Crippen molar-refractivity contribution in [1.29, 1.82) is 5.41 Å². The molecule has 0 amide bonds. The molecule has 0 saturated heterocycles. The van der Waals surface area contributed by atoms with Gasteiger partial charge in [0.15, 0.2) is 5.84 Å². The third-order valence-corrected chi connectivity index (χ3v) is 8.95. The summed E-state index contributed by atoms with van der Waals surface area (Å²) in [6.07, 6.45) is 1.83. The maximum Gasteiger partial charge on any atom is 0.236 e. The zero-order valence-electron chi connectivity index (χ0n) is 25.8. The molecule has 0 atom stereocenters. The molecule has 0 aliphatic heterocycles. The van der Waals surface area contributed by atoms with Crippen molar-refractivity contribution in [2.75, 3.05) is 0 Å².